The highest BCUT2D eigenvalue weighted by atomic mass is 32.2. The fourth-order valence-corrected chi connectivity index (χ4v) is 4.62. The van der Waals surface area contributed by atoms with Crippen molar-refractivity contribution in [3.63, 3.8) is 0 Å². The molecule has 0 aromatic heterocycles. The molecule has 3 atom stereocenters. The lowest BCUT2D eigenvalue weighted by Crippen LogP contribution is -2.71. The average molecular weight is 358 g/mol. The number of benzene rings is 1. The second-order valence-corrected chi connectivity index (χ2v) is 7.37. The van der Waals surface area contributed by atoms with Crippen LogP contribution in [0.1, 0.15) is 18.5 Å². The molecule has 3 N–H and O–H groups in total. The number of carbonyl (C=O) groups excluding carboxylic acids is 1. The Labute approximate surface area is 149 Å². The van der Waals surface area contributed by atoms with Gasteiger partial charge >= 0.3 is 5.97 Å². The Morgan fingerprint density at radius 3 is 2.88 bits per heavy atom. The number of aliphatic carboxylic acids is 1. The maximum absolute atomic E-state index is 12.5. The zero-order chi connectivity index (χ0) is 17.6. The standard InChI is InChI=1S/C17H18N4O3S/c1-9-8-25-15-12(14(22)21(15)13(9)16(23)24)20-17-18-7-11(19-17)10-5-3-2-4-6-10/h2-6,11-12,15H,7-8H2,1H3,(H,23,24)(H2,18,19,20)/t11?,12?,15-/m1/s1. The van der Waals surface area contributed by atoms with Crippen molar-refractivity contribution in [2.24, 2.45) is 4.99 Å². The molecule has 3 aliphatic rings. The molecule has 0 spiro atoms. The number of carboxylic acid groups (broad SMARTS) is 1. The third-order valence-corrected chi connectivity index (χ3v) is 6.02. The molecule has 0 saturated carbocycles. The number of carboxylic acids is 1. The van der Waals surface area contributed by atoms with Crippen LogP contribution in [0.4, 0.5) is 0 Å². The first kappa shape index (κ1) is 16.0. The first-order chi connectivity index (χ1) is 12.1. The van der Waals surface area contributed by atoms with Crippen LogP contribution in [0, 0.1) is 0 Å². The number of carbonyl (C=O) groups is 2. The molecule has 8 heteroatoms. The first-order valence-electron chi connectivity index (χ1n) is 8.06. The first-order valence-corrected chi connectivity index (χ1v) is 9.11. The molecule has 4 rings (SSSR count). The minimum Gasteiger partial charge on any atom is -0.477 e. The Balaban J connectivity index is 1.42. The van der Waals surface area contributed by atoms with Gasteiger partial charge in [0.1, 0.15) is 17.1 Å². The number of nitrogens with one attached hydrogen (secondary N) is 2. The van der Waals surface area contributed by atoms with E-state index in [0.29, 0.717) is 18.3 Å². The van der Waals surface area contributed by atoms with Gasteiger partial charge in [-0.1, -0.05) is 30.3 Å². The largest absolute Gasteiger partial charge is 0.477 e. The van der Waals surface area contributed by atoms with Crippen molar-refractivity contribution in [1.82, 2.24) is 15.5 Å². The fourth-order valence-electron chi connectivity index (χ4n) is 3.32. The van der Waals surface area contributed by atoms with Gasteiger partial charge < -0.3 is 15.7 Å². The van der Waals surface area contributed by atoms with Gasteiger partial charge in [-0.15, -0.1) is 11.8 Å². The summed E-state index contributed by atoms with van der Waals surface area (Å²) < 4.78 is 0. The van der Waals surface area contributed by atoms with Crippen LogP contribution in [0.15, 0.2) is 46.6 Å². The summed E-state index contributed by atoms with van der Waals surface area (Å²) in [5, 5.41) is 15.6. The van der Waals surface area contributed by atoms with E-state index in [9.17, 15) is 14.7 Å². The third kappa shape index (κ3) is 2.66. The zero-order valence-electron chi connectivity index (χ0n) is 13.6. The smallest absolute Gasteiger partial charge is 0.352 e. The molecule has 2 unspecified atom stereocenters. The van der Waals surface area contributed by atoms with E-state index in [1.54, 1.807) is 18.7 Å². The molecule has 7 nitrogen and oxygen atoms in total. The van der Waals surface area contributed by atoms with Gasteiger partial charge in [0, 0.05) is 5.75 Å². The van der Waals surface area contributed by atoms with Crippen LogP contribution in [-0.2, 0) is 9.59 Å². The Hall–Kier alpha value is -2.48. The minimum absolute atomic E-state index is 0.0886. The quantitative estimate of drug-likeness (QED) is 0.696. The van der Waals surface area contributed by atoms with E-state index >= 15 is 0 Å². The van der Waals surface area contributed by atoms with E-state index in [2.05, 4.69) is 15.6 Å². The summed E-state index contributed by atoms with van der Waals surface area (Å²) in [5.41, 5.74) is 1.99. The van der Waals surface area contributed by atoms with E-state index in [1.807, 2.05) is 30.3 Å². The van der Waals surface area contributed by atoms with Crippen molar-refractivity contribution in [3.8, 4) is 0 Å². The monoisotopic (exact) mass is 358 g/mol. The van der Waals surface area contributed by atoms with Crippen LogP contribution in [0.2, 0.25) is 0 Å². The molecule has 1 fully saturated rings. The number of aliphatic imine (C=N–C) groups is 1. The summed E-state index contributed by atoms with van der Waals surface area (Å²) in [6.45, 7) is 2.36. The van der Waals surface area contributed by atoms with Crippen LogP contribution >= 0.6 is 11.8 Å². The normalized spacial score (nSPS) is 28.0. The summed E-state index contributed by atoms with van der Waals surface area (Å²) in [6.07, 6.45) is 0. The lowest BCUT2D eigenvalue weighted by Gasteiger charge is -2.49. The Kier molecular flexibility index (Phi) is 3.91. The predicted molar refractivity (Wildman–Crippen MR) is 95.0 cm³/mol. The number of fused-ring (bicyclic) bond motifs is 1. The van der Waals surface area contributed by atoms with Gasteiger partial charge in [-0.05, 0) is 18.1 Å². The van der Waals surface area contributed by atoms with Crippen molar-refractivity contribution >= 4 is 29.6 Å². The number of hydrogen-bond acceptors (Lipinski definition) is 6. The van der Waals surface area contributed by atoms with Crippen molar-refractivity contribution in [2.45, 2.75) is 24.4 Å². The molecule has 1 aromatic carbocycles. The molecule has 0 bridgehead atoms. The van der Waals surface area contributed by atoms with E-state index < -0.39 is 12.0 Å². The summed E-state index contributed by atoms with van der Waals surface area (Å²) in [5.74, 6) is -0.0619. The van der Waals surface area contributed by atoms with E-state index in [1.165, 1.54) is 4.90 Å². The van der Waals surface area contributed by atoms with Gasteiger partial charge in [0.25, 0.3) is 5.91 Å². The summed E-state index contributed by atoms with van der Waals surface area (Å²) in [4.78, 5) is 29.7. The van der Waals surface area contributed by atoms with Crippen LogP contribution in [0.3, 0.4) is 0 Å². The SMILES string of the molecule is CC1=C(C(=O)O)N2C(=O)C(NC3=NCC(c4ccccc4)N3)[C@H]2SC1. The van der Waals surface area contributed by atoms with E-state index in [4.69, 9.17) is 0 Å². The van der Waals surface area contributed by atoms with Crippen LogP contribution in [0.25, 0.3) is 0 Å². The predicted octanol–water partition coefficient (Wildman–Crippen LogP) is 0.919. The van der Waals surface area contributed by atoms with Gasteiger partial charge in [-0.25, -0.2) is 4.79 Å². The van der Waals surface area contributed by atoms with Crippen molar-refractivity contribution in [3.05, 3.63) is 47.2 Å². The van der Waals surface area contributed by atoms with Gasteiger partial charge in [-0.3, -0.25) is 14.7 Å². The van der Waals surface area contributed by atoms with Gasteiger partial charge in [0.15, 0.2) is 5.96 Å². The molecular formula is C17H18N4O3S. The lowest BCUT2D eigenvalue weighted by atomic mass is 10.0. The molecule has 0 aliphatic carbocycles. The number of nitrogens with zero attached hydrogens (tertiary/aromatic N) is 2. The highest BCUT2D eigenvalue weighted by Gasteiger charge is 2.53. The Bertz CT molecular complexity index is 792. The molecule has 3 heterocycles. The second kappa shape index (κ2) is 6.11. The summed E-state index contributed by atoms with van der Waals surface area (Å²) >= 11 is 1.57. The van der Waals surface area contributed by atoms with E-state index in [-0.39, 0.29) is 23.0 Å². The fraction of sp³-hybridized carbons (Fsp3) is 0.353. The Morgan fingerprint density at radius 2 is 2.16 bits per heavy atom. The zero-order valence-corrected chi connectivity index (χ0v) is 14.4. The van der Waals surface area contributed by atoms with Gasteiger partial charge in [0.2, 0.25) is 0 Å². The maximum atomic E-state index is 12.5. The molecule has 1 saturated heterocycles. The number of thioether (sulfide) groups is 1. The number of amides is 1. The van der Waals surface area contributed by atoms with Crippen LogP contribution in [0.5, 0.6) is 0 Å². The molecule has 3 aliphatic heterocycles. The molecule has 0 radical (unpaired) electrons. The second-order valence-electron chi connectivity index (χ2n) is 6.26. The van der Waals surface area contributed by atoms with Crippen LogP contribution in [-0.4, -0.2) is 51.6 Å². The molecule has 25 heavy (non-hydrogen) atoms. The summed E-state index contributed by atoms with van der Waals surface area (Å²) in [6, 6.07) is 9.65. The highest BCUT2D eigenvalue weighted by molar-refractivity contribution is 8.00. The van der Waals surface area contributed by atoms with Gasteiger partial charge in [0.05, 0.1) is 12.6 Å². The lowest BCUT2D eigenvalue weighted by molar-refractivity contribution is -0.148. The maximum Gasteiger partial charge on any atom is 0.352 e. The third-order valence-electron chi connectivity index (χ3n) is 4.60. The van der Waals surface area contributed by atoms with Crippen LogP contribution < -0.4 is 10.6 Å². The number of rotatable bonds is 3. The van der Waals surface area contributed by atoms with Crippen molar-refractivity contribution in [2.75, 3.05) is 12.3 Å². The molecule has 1 aromatic rings. The topological polar surface area (TPSA) is 94.0 Å². The Morgan fingerprint density at radius 1 is 1.40 bits per heavy atom. The molecular weight excluding hydrogens is 340 g/mol. The number of β-lactam (4-membered cyclic amide) rings is 1. The molecule has 1 amide bonds. The van der Waals surface area contributed by atoms with E-state index in [0.717, 1.165) is 11.1 Å². The minimum atomic E-state index is -1.05. The summed E-state index contributed by atoms with van der Waals surface area (Å²) in [7, 11) is 0. The van der Waals surface area contributed by atoms with Crippen molar-refractivity contribution in [1.29, 1.82) is 0 Å². The van der Waals surface area contributed by atoms with Crippen molar-refractivity contribution < 1.29 is 14.7 Å². The van der Waals surface area contributed by atoms with Gasteiger partial charge in [-0.2, -0.15) is 0 Å². The average Bonchev–Trinajstić information content (AvgIpc) is 3.09. The number of hydrogen-bond donors (Lipinski definition) is 3. The number of guanidine groups is 1. The highest BCUT2D eigenvalue weighted by Crippen LogP contribution is 2.40. The molecule has 130 valence electrons.